The zero-order chi connectivity index (χ0) is 12.1. The van der Waals surface area contributed by atoms with Gasteiger partial charge in [0.1, 0.15) is 0 Å². The van der Waals surface area contributed by atoms with Crippen LogP contribution in [-0.4, -0.2) is 31.6 Å². The zero-order valence-electron chi connectivity index (χ0n) is 10.8. The van der Waals surface area contributed by atoms with Crippen molar-refractivity contribution in [3.8, 4) is 0 Å². The van der Waals surface area contributed by atoms with Gasteiger partial charge in [-0.1, -0.05) is 6.07 Å². The minimum Gasteiger partial charge on any atom is -0.371 e. The lowest BCUT2D eigenvalue weighted by Gasteiger charge is -2.23. The molecule has 0 saturated carbocycles. The Balaban J connectivity index is 2.12. The minimum absolute atomic E-state index is 0.960. The molecule has 0 aromatic heterocycles. The number of aryl methyl sites for hydroxylation is 1. The van der Waals surface area contributed by atoms with Crippen molar-refractivity contribution >= 4 is 17.4 Å². The third-order valence-corrected chi connectivity index (χ3v) is 4.33. The van der Waals surface area contributed by atoms with Gasteiger partial charge in [-0.25, -0.2) is 0 Å². The number of hydrogen-bond donors (Lipinski definition) is 1. The molecule has 0 bridgehead atoms. The van der Waals surface area contributed by atoms with Gasteiger partial charge in [-0.2, -0.15) is 11.8 Å². The predicted octanol–water partition coefficient (Wildman–Crippen LogP) is 2.66. The van der Waals surface area contributed by atoms with Crippen LogP contribution >= 0.6 is 11.8 Å². The summed E-state index contributed by atoms with van der Waals surface area (Å²) in [7, 11) is 2.00. The molecule has 0 radical (unpaired) electrons. The van der Waals surface area contributed by atoms with Crippen LogP contribution in [0.25, 0.3) is 0 Å². The van der Waals surface area contributed by atoms with Crippen LogP contribution in [0.15, 0.2) is 18.2 Å². The first kappa shape index (κ1) is 12.8. The zero-order valence-corrected chi connectivity index (χ0v) is 11.6. The van der Waals surface area contributed by atoms with Gasteiger partial charge in [-0.3, -0.25) is 0 Å². The third kappa shape index (κ3) is 3.39. The monoisotopic (exact) mass is 250 g/mol. The molecule has 0 unspecified atom stereocenters. The Morgan fingerprint density at radius 3 is 2.94 bits per heavy atom. The van der Waals surface area contributed by atoms with Gasteiger partial charge in [0, 0.05) is 31.1 Å². The SMILES string of the molecule is CNCc1ccc(N2CCCSCC2)cc1C. The predicted molar refractivity (Wildman–Crippen MR) is 78.1 cm³/mol. The molecule has 1 fully saturated rings. The van der Waals surface area contributed by atoms with Crippen LogP contribution in [0.3, 0.4) is 0 Å². The molecule has 0 aliphatic carbocycles. The second-order valence-electron chi connectivity index (χ2n) is 4.59. The topological polar surface area (TPSA) is 15.3 Å². The second-order valence-corrected chi connectivity index (χ2v) is 5.82. The number of anilines is 1. The number of nitrogens with one attached hydrogen (secondary N) is 1. The van der Waals surface area contributed by atoms with Crippen molar-refractivity contribution in [2.24, 2.45) is 0 Å². The fourth-order valence-electron chi connectivity index (χ4n) is 2.27. The highest BCUT2D eigenvalue weighted by Gasteiger charge is 2.10. The summed E-state index contributed by atoms with van der Waals surface area (Å²) in [6.07, 6.45) is 1.31. The van der Waals surface area contributed by atoms with E-state index in [2.05, 4.69) is 47.1 Å². The van der Waals surface area contributed by atoms with E-state index in [4.69, 9.17) is 0 Å². The number of nitrogens with zero attached hydrogens (tertiary/aromatic N) is 1. The van der Waals surface area contributed by atoms with E-state index < -0.39 is 0 Å². The highest BCUT2D eigenvalue weighted by Crippen LogP contribution is 2.22. The molecule has 1 saturated heterocycles. The average molecular weight is 250 g/mol. The van der Waals surface area contributed by atoms with E-state index in [1.807, 2.05) is 7.05 Å². The van der Waals surface area contributed by atoms with Gasteiger partial charge < -0.3 is 10.2 Å². The molecular formula is C14H22N2S. The Bertz CT molecular complexity index is 357. The van der Waals surface area contributed by atoms with Crippen LogP contribution < -0.4 is 10.2 Å². The maximum Gasteiger partial charge on any atom is 0.0369 e. The number of rotatable bonds is 3. The molecule has 1 aromatic carbocycles. The standard InChI is InChI=1S/C14H22N2S/c1-12-10-14(5-4-13(12)11-15-2)16-6-3-8-17-9-7-16/h4-5,10,15H,3,6-9,11H2,1-2H3. The third-order valence-electron chi connectivity index (χ3n) is 3.28. The largest absolute Gasteiger partial charge is 0.371 e. The Morgan fingerprint density at radius 1 is 1.29 bits per heavy atom. The van der Waals surface area contributed by atoms with E-state index in [1.54, 1.807) is 0 Å². The number of benzene rings is 1. The van der Waals surface area contributed by atoms with E-state index in [9.17, 15) is 0 Å². The van der Waals surface area contributed by atoms with Crippen molar-refractivity contribution in [1.82, 2.24) is 5.32 Å². The summed E-state index contributed by atoms with van der Waals surface area (Å²) in [5, 5.41) is 3.22. The molecule has 3 heteroatoms. The van der Waals surface area contributed by atoms with Crippen LogP contribution in [0, 0.1) is 6.92 Å². The molecule has 94 valence electrons. The Kier molecular flexibility index (Phi) is 4.75. The summed E-state index contributed by atoms with van der Waals surface area (Å²) in [5.74, 6) is 2.57. The smallest absolute Gasteiger partial charge is 0.0369 e. The van der Waals surface area contributed by atoms with Gasteiger partial charge in [0.05, 0.1) is 0 Å². The van der Waals surface area contributed by atoms with Gasteiger partial charge in [0.15, 0.2) is 0 Å². The van der Waals surface area contributed by atoms with Crippen molar-refractivity contribution in [3.63, 3.8) is 0 Å². The van der Waals surface area contributed by atoms with Crippen LogP contribution in [-0.2, 0) is 6.54 Å². The summed E-state index contributed by atoms with van der Waals surface area (Å²) in [5.41, 5.74) is 4.19. The summed E-state index contributed by atoms with van der Waals surface area (Å²) in [4.78, 5) is 2.52. The van der Waals surface area contributed by atoms with Crippen molar-refractivity contribution in [1.29, 1.82) is 0 Å². The van der Waals surface area contributed by atoms with Crippen LogP contribution in [0.5, 0.6) is 0 Å². The first-order valence-corrected chi connectivity index (χ1v) is 7.53. The summed E-state index contributed by atoms with van der Waals surface area (Å²) in [6, 6.07) is 6.87. The van der Waals surface area contributed by atoms with E-state index in [0.29, 0.717) is 0 Å². The molecule has 1 aliphatic heterocycles. The summed E-state index contributed by atoms with van der Waals surface area (Å²) >= 11 is 2.08. The first-order valence-electron chi connectivity index (χ1n) is 6.38. The fourth-order valence-corrected chi connectivity index (χ4v) is 3.16. The van der Waals surface area contributed by atoms with Gasteiger partial charge in [-0.05, 0) is 49.4 Å². The summed E-state index contributed by atoms with van der Waals surface area (Å²) < 4.78 is 0. The van der Waals surface area contributed by atoms with Crippen LogP contribution in [0.4, 0.5) is 5.69 Å². The number of hydrogen-bond acceptors (Lipinski definition) is 3. The normalized spacial score (nSPS) is 16.9. The highest BCUT2D eigenvalue weighted by atomic mass is 32.2. The lowest BCUT2D eigenvalue weighted by atomic mass is 10.1. The maximum atomic E-state index is 3.22. The van der Waals surface area contributed by atoms with Crippen molar-refractivity contribution in [2.45, 2.75) is 19.9 Å². The molecule has 1 aromatic rings. The Morgan fingerprint density at radius 2 is 2.18 bits per heavy atom. The van der Waals surface area contributed by atoms with Gasteiger partial charge in [-0.15, -0.1) is 0 Å². The molecule has 0 spiro atoms. The minimum atomic E-state index is 0.960. The molecule has 1 heterocycles. The van der Waals surface area contributed by atoms with E-state index in [0.717, 1.165) is 6.54 Å². The van der Waals surface area contributed by atoms with Gasteiger partial charge in [0.2, 0.25) is 0 Å². The molecule has 2 rings (SSSR count). The quantitative estimate of drug-likeness (QED) is 0.888. The molecule has 0 amide bonds. The summed E-state index contributed by atoms with van der Waals surface area (Å²) in [6.45, 7) is 5.57. The van der Waals surface area contributed by atoms with Crippen LogP contribution in [0.1, 0.15) is 17.5 Å². The highest BCUT2D eigenvalue weighted by molar-refractivity contribution is 7.99. The van der Waals surface area contributed by atoms with E-state index in [-0.39, 0.29) is 0 Å². The lowest BCUT2D eigenvalue weighted by molar-refractivity contribution is 0.802. The van der Waals surface area contributed by atoms with Gasteiger partial charge in [0.25, 0.3) is 0 Å². The van der Waals surface area contributed by atoms with Crippen molar-refractivity contribution in [3.05, 3.63) is 29.3 Å². The molecule has 0 atom stereocenters. The first-order chi connectivity index (χ1) is 8.31. The molecule has 1 aliphatic rings. The average Bonchev–Trinajstić information content (AvgIpc) is 2.60. The fraction of sp³-hybridized carbons (Fsp3) is 0.571. The van der Waals surface area contributed by atoms with E-state index in [1.165, 1.54) is 47.8 Å². The molecule has 17 heavy (non-hydrogen) atoms. The molecule has 2 nitrogen and oxygen atoms in total. The van der Waals surface area contributed by atoms with Gasteiger partial charge >= 0.3 is 0 Å². The van der Waals surface area contributed by atoms with Crippen LogP contribution in [0.2, 0.25) is 0 Å². The maximum absolute atomic E-state index is 3.22. The second kappa shape index (κ2) is 6.31. The molecule has 1 N–H and O–H groups in total. The number of thioether (sulfide) groups is 1. The van der Waals surface area contributed by atoms with Crippen molar-refractivity contribution in [2.75, 3.05) is 36.5 Å². The van der Waals surface area contributed by atoms with Crippen molar-refractivity contribution < 1.29 is 0 Å². The Hall–Kier alpha value is -0.670. The Labute approximate surface area is 109 Å². The molecular weight excluding hydrogens is 228 g/mol. The lowest BCUT2D eigenvalue weighted by Crippen LogP contribution is -2.25. The van der Waals surface area contributed by atoms with E-state index >= 15 is 0 Å².